The molecule has 1 aliphatic heterocycles. The number of hydrogen-bond donors (Lipinski definition) is 1. The highest BCUT2D eigenvalue weighted by Gasteiger charge is 2.30. The van der Waals surface area contributed by atoms with Gasteiger partial charge in [0.15, 0.2) is 0 Å². The second-order valence-electron chi connectivity index (χ2n) is 5.62. The topological polar surface area (TPSA) is 24.9 Å². The molecule has 1 aromatic carbocycles. The number of pyridine rings is 1. The monoisotopic (exact) mass is 298 g/mol. The first kappa shape index (κ1) is 14.6. The van der Waals surface area contributed by atoms with E-state index < -0.39 is 0 Å². The zero-order valence-corrected chi connectivity index (χ0v) is 13.5. The minimum atomic E-state index is 0.356. The largest absolute Gasteiger partial charge is 0.309 e. The van der Waals surface area contributed by atoms with E-state index in [1.54, 1.807) is 0 Å². The van der Waals surface area contributed by atoms with Crippen molar-refractivity contribution in [2.75, 3.05) is 12.3 Å². The molecule has 1 aromatic heterocycles. The van der Waals surface area contributed by atoms with Crippen molar-refractivity contribution in [2.45, 2.75) is 37.1 Å². The van der Waals surface area contributed by atoms with Crippen LogP contribution >= 0.6 is 11.8 Å². The summed E-state index contributed by atoms with van der Waals surface area (Å²) < 4.78 is 0. The third kappa shape index (κ3) is 3.14. The molecule has 0 bridgehead atoms. The summed E-state index contributed by atoms with van der Waals surface area (Å²) in [6.07, 6.45) is 3.19. The molecule has 1 aliphatic rings. The molecule has 0 saturated carbocycles. The van der Waals surface area contributed by atoms with Gasteiger partial charge in [-0.25, -0.2) is 0 Å². The smallest absolute Gasteiger partial charge is 0.0413 e. The van der Waals surface area contributed by atoms with Gasteiger partial charge in [0.1, 0.15) is 0 Å². The van der Waals surface area contributed by atoms with Crippen molar-refractivity contribution < 1.29 is 0 Å². The highest BCUT2D eigenvalue weighted by atomic mass is 32.2. The number of rotatable bonds is 5. The lowest BCUT2D eigenvalue weighted by molar-refractivity contribution is 0.470. The Morgan fingerprint density at radius 1 is 1.29 bits per heavy atom. The summed E-state index contributed by atoms with van der Waals surface area (Å²) in [7, 11) is 0. The van der Waals surface area contributed by atoms with Crippen molar-refractivity contribution in [3.05, 3.63) is 59.4 Å². The van der Waals surface area contributed by atoms with Gasteiger partial charge in [-0.2, -0.15) is 0 Å². The lowest BCUT2D eigenvalue weighted by atomic mass is 9.89. The number of benzene rings is 1. The third-order valence-corrected chi connectivity index (χ3v) is 5.26. The molecule has 2 unspecified atom stereocenters. The van der Waals surface area contributed by atoms with E-state index >= 15 is 0 Å². The molecular formula is C18H22N2S. The third-order valence-electron chi connectivity index (χ3n) is 4.05. The van der Waals surface area contributed by atoms with Gasteiger partial charge in [-0.1, -0.05) is 31.2 Å². The van der Waals surface area contributed by atoms with E-state index in [1.807, 2.05) is 24.9 Å². The minimum absolute atomic E-state index is 0.356. The predicted octanol–water partition coefficient (Wildman–Crippen LogP) is 4.32. The van der Waals surface area contributed by atoms with Crippen molar-refractivity contribution in [1.82, 2.24) is 10.3 Å². The summed E-state index contributed by atoms with van der Waals surface area (Å²) in [5.74, 6) is 1.68. The molecule has 2 heterocycles. The Hall–Kier alpha value is -1.32. The Morgan fingerprint density at radius 3 is 2.90 bits per heavy atom. The van der Waals surface area contributed by atoms with Crippen molar-refractivity contribution in [2.24, 2.45) is 0 Å². The molecule has 0 spiro atoms. The fourth-order valence-electron chi connectivity index (χ4n) is 2.92. The number of nitrogens with zero attached hydrogens (tertiary/aromatic N) is 1. The van der Waals surface area contributed by atoms with Crippen LogP contribution in [0.2, 0.25) is 0 Å². The van der Waals surface area contributed by atoms with E-state index in [4.69, 9.17) is 0 Å². The van der Waals surface area contributed by atoms with Crippen LogP contribution in [0.15, 0.2) is 47.5 Å². The molecule has 1 N–H and O–H groups in total. The molecule has 0 saturated heterocycles. The Bertz CT molecular complexity index is 594. The predicted molar refractivity (Wildman–Crippen MR) is 89.9 cm³/mol. The highest BCUT2D eigenvalue weighted by Crippen LogP contribution is 2.45. The van der Waals surface area contributed by atoms with E-state index in [2.05, 4.69) is 53.6 Å². The molecule has 2 aromatic rings. The first-order valence-electron chi connectivity index (χ1n) is 7.67. The lowest BCUT2D eigenvalue weighted by Gasteiger charge is -2.25. The van der Waals surface area contributed by atoms with Crippen LogP contribution in [-0.2, 0) is 0 Å². The molecule has 0 fully saturated rings. The van der Waals surface area contributed by atoms with Crippen molar-refractivity contribution in [3.8, 4) is 0 Å². The fraction of sp³-hybridized carbons (Fsp3) is 0.389. The van der Waals surface area contributed by atoms with E-state index in [-0.39, 0.29) is 0 Å². The van der Waals surface area contributed by atoms with Gasteiger partial charge in [-0.05, 0) is 43.1 Å². The van der Waals surface area contributed by atoms with Gasteiger partial charge in [0.05, 0.1) is 0 Å². The number of aromatic nitrogens is 1. The van der Waals surface area contributed by atoms with Crippen LogP contribution in [0.3, 0.4) is 0 Å². The van der Waals surface area contributed by atoms with Crippen molar-refractivity contribution >= 4 is 11.8 Å². The average Bonchev–Trinajstić information content (AvgIpc) is 2.93. The molecule has 0 aliphatic carbocycles. The second-order valence-corrected chi connectivity index (χ2v) is 6.68. The standard InChI is InChI=1S/C18H22N2S/c1-3-10-19-18(14-9-8-13(2)20-11-14)16-12-21-17-7-5-4-6-15(16)17/h4-9,11,16,18-19H,3,10,12H2,1-2H3. The van der Waals surface area contributed by atoms with E-state index in [9.17, 15) is 0 Å². The van der Waals surface area contributed by atoms with Crippen LogP contribution in [0, 0.1) is 6.92 Å². The SMILES string of the molecule is CCCNC(c1ccc(C)nc1)C1CSc2ccccc21. The van der Waals surface area contributed by atoms with E-state index in [0.717, 1.165) is 24.4 Å². The number of nitrogens with one attached hydrogen (secondary N) is 1. The minimum Gasteiger partial charge on any atom is -0.309 e. The highest BCUT2D eigenvalue weighted by molar-refractivity contribution is 7.99. The van der Waals surface area contributed by atoms with Gasteiger partial charge in [0.25, 0.3) is 0 Å². The van der Waals surface area contributed by atoms with E-state index in [0.29, 0.717) is 12.0 Å². The van der Waals surface area contributed by atoms with Crippen LogP contribution in [0.4, 0.5) is 0 Å². The summed E-state index contributed by atoms with van der Waals surface area (Å²) >= 11 is 1.98. The maximum Gasteiger partial charge on any atom is 0.0413 e. The number of thioether (sulfide) groups is 1. The summed E-state index contributed by atoms with van der Waals surface area (Å²) in [4.78, 5) is 5.92. The van der Waals surface area contributed by atoms with Crippen molar-refractivity contribution in [3.63, 3.8) is 0 Å². The number of aryl methyl sites for hydroxylation is 1. The molecular weight excluding hydrogens is 276 g/mol. The molecule has 110 valence electrons. The fourth-order valence-corrected chi connectivity index (χ4v) is 4.21. The molecule has 3 rings (SSSR count). The summed E-state index contributed by atoms with van der Waals surface area (Å²) in [5, 5.41) is 3.73. The van der Waals surface area contributed by atoms with Gasteiger partial charge in [0.2, 0.25) is 0 Å². The Balaban J connectivity index is 1.91. The zero-order valence-electron chi connectivity index (χ0n) is 12.7. The van der Waals surface area contributed by atoms with Gasteiger partial charge in [-0.15, -0.1) is 11.8 Å². The molecule has 0 amide bonds. The summed E-state index contributed by atoms with van der Waals surface area (Å²) in [6, 6.07) is 13.5. The molecule has 0 radical (unpaired) electrons. The first-order chi connectivity index (χ1) is 10.3. The maximum atomic E-state index is 4.49. The van der Waals surface area contributed by atoms with Crippen LogP contribution in [0.5, 0.6) is 0 Å². The summed E-state index contributed by atoms with van der Waals surface area (Å²) in [6.45, 7) is 5.30. The average molecular weight is 298 g/mol. The van der Waals surface area contributed by atoms with Gasteiger partial charge < -0.3 is 5.32 Å². The normalized spacial score (nSPS) is 18.5. The van der Waals surface area contributed by atoms with Crippen molar-refractivity contribution in [1.29, 1.82) is 0 Å². The lowest BCUT2D eigenvalue weighted by Crippen LogP contribution is -2.28. The first-order valence-corrected chi connectivity index (χ1v) is 8.66. The van der Waals surface area contributed by atoms with E-state index in [1.165, 1.54) is 16.0 Å². The summed E-state index contributed by atoms with van der Waals surface area (Å²) in [5.41, 5.74) is 3.86. The molecule has 2 nitrogen and oxygen atoms in total. The number of fused-ring (bicyclic) bond motifs is 1. The van der Waals surface area contributed by atoms with Crippen LogP contribution < -0.4 is 5.32 Å². The Kier molecular flexibility index (Phi) is 4.61. The van der Waals surface area contributed by atoms with Crippen LogP contribution in [-0.4, -0.2) is 17.3 Å². The second kappa shape index (κ2) is 6.63. The van der Waals surface area contributed by atoms with Crippen LogP contribution in [0.1, 0.15) is 42.1 Å². The van der Waals surface area contributed by atoms with Gasteiger partial charge in [0, 0.05) is 34.5 Å². The molecule has 3 heteroatoms. The molecule has 2 atom stereocenters. The van der Waals surface area contributed by atoms with Gasteiger partial charge in [-0.3, -0.25) is 4.98 Å². The van der Waals surface area contributed by atoms with Crippen LogP contribution in [0.25, 0.3) is 0 Å². The van der Waals surface area contributed by atoms with Gasteiger partial charge >= 0.3 is 0 Å². The Labute approximate surface area is 131 Å². The number of hydrogen-bond acceptors (Lipinski definition) is 3. The maximum absolute atomic E-state index is 4.49. The molecule has 21 heavy (non-hydrogen) atoms. The Morgan fingerprint density at radius 2 is 2.14 bits per heavy atom. The quantitative estimate of drug-likeness (QED) is 0.890. The zero-order chi connectivity index (χ0) is 14.7.